The lowest BCUT2D eigenvalue weighted by Gasteiger charge is -2.08. The van der Waals surface area contributed by atoms with E-state index in [1.807, 2.05) is 0 Å². The highest BCUT2D eigenvalue weighted by Gasteiger charge is 2.12. The number of aromatic nitrogens is 2. The van der Waals surface area contributed by atoms with E-state index >= 15 is 0 Å². The van der Waals surface area contributed by atoms with Crippen LogP contribution in [0, 0.1) is 5.82 Å². The van der Waals surface area contributed by atoms with E-state index in [0.717, 1.165) is 6.20 Å². The van der Waals surface area contributed by atoms with Gasteiger partial charge in [0.05, 0.1) is 12.8 Å². The molecule has 0 saturated heterocycles. The summed E-state index contributed by atoms with van der Waals surface area (Å²) in [6.07, 6.45) is 0.0572. The number of H-pyrrole nitrogens is 1. The van der Waals surface area contributed by atoms with Crippen LogP contribution in [0.4, 0.5) is 10.2 Å². The van der Waals surface area contributed by atoms with Crippen LogP contribution in [-0.4, -0.2) is 39.3 Å². The van der Waals surface area contributed by atoms with Gasteiger partial charge in [-0.15, -0.1) is 0 Å². The molecule has 4 N–H and O–H groups in total. The lowest BCUT2D eigenvalue weighted by atomic mass is 10.5. The zero-order valence-corrected chi connectivity index (χ0v) is 9.48. The first-order valence-electron chi connectivity index (χ1n) is 4.49. The fourth-order valence-electron chi connectivity index (χ4n) is 0.939. The third-order valence-corrected chi connectivity index (χ3v) is 2.09. The van der Waals surface area contributed by atoms with E-state index in [4.69, 9.17) is 9.79 Å². The van der Waals surface area contributed by atoms with Gasteiger partial charge in [0.2, 0.25) is 0 Å². The van der Waals surface area contributed by atoms with Crippen LogP contribution in [0.15, 0.2) is 11.0 Å². The van der Waals surface area contributed by atoms with Crippen LogP contribution in [0.5, 0.6) is 0 Å². The standard InChI is InChI=1S/C7H11FN3O5P/c8-5-3-10-7(12)11-6(5)9-1-2-16-4-17(13,14)15/h3H,1-2,4H2,(H2,13,14,15)(H2,9,10,11,12). The number of nitrogens with one attached hydrogen (secondary N) is 2. The van der Waals surface area contributed by atoms with Gasteiger partial charge in [-0.3, -0.25) is 9.55 Å². The average Bonchev–Trinajstić information content (AvgIpc) is 2.21. The molecule has 1 aromatic rings. The van der Waals surface area contributed by atoms with Crippen LogP contribution in [-0.2, 0) is 9.30 Å². The Morgan fingerprint density at radius 1 is 1.59 bits per heavy atom. The molecule has 0 atom stereocenters. The Morgan fingerprint density at radius 3 is 2.94 bits per heavy atom. The van der Waals surface area contributed by atoms with E-state index < -0.39 is 25.5 Å². The van der Waals surface area contributed by atoms with Gasteiger partial charge >= 0.3 is 13.3 Å². The molecule has 17 heavy (non-hydrogen) atoms. The highest BCUT2D eigenvalue weighted by Crippen LogP contribution is 2.33. The molecule has 1 heterocycles. The third kappa shape index (κ3) is 5.55. The Labute approximate surface area is 95.0 Å². The second kappa shape index (κ2) is 5.87. The topological polar surface area (TPSA) is 125 Å². The number of hydrogen-bond acceptors (Lipinski definition) is 5. The predicted molar refractivity (Wildman–Crippen MR) is 56.2 cm³/mol. The normalized spacial score (nSPS) is 11.5. The molecular weight excluding hydrogens is 256 g/mol. The molecule has 0 amide bonds. The van der Waals surface area contributed by atoms with Crippen molar-refractivity contribution >= 4 is 13.4 Å². The van der Waals surface area contributed by atoms with Crippen molar-refractivity contribution in [3.8, 4) is 0 Å². The first-order valence-corrected chi connectivity index (χ1v) is 6.29. The second-order valence-corrected chi connectivity index (χ2v) is 4.63. The zero-order chi connectivity index (χ0) is 12.9. The van der Waals surface area contributed by atoms with E-state index in [9.17, 15) is 13.8 Å². The van der Waals surface area contributed by atoms with Crippen molar-refractivity contribution in [2.75, 3.05) is 24.8 Å². The van der Waals surface area contributed by atoms with Crippen LogP contribution in [0.3, 0.4) is 0 Å². The molecule has 0 spiro atoms. The number of aromatic amines is 1. The summed E-state index contributed by atoms with van der Waals surface area (Å²) in [7, 11) is -4.19. The Hall–Kier alpha value is -1.28. The SMILES string of the molecule is O=c1ncc(F)c(NCCOCP(=O)(O)O)[nH]1. The molecular formula is C7H11FN3O5P. The van der Waals surface area contributed by atoms with E-state index in [1.165, 1.54) is 0 Å². The zero-order valence-electron chi connectivity index (χ0n) is 8.59. The van der Waals surface area contributed by atoms with Crippen LogP contribution >= 0.6 is 7.60 Å². The number of anilines is 1. The molecule has 0 unspecified atom stereocenters. The summed E-state index contributed by atoms with van der Waals surface area (Å²) in [6, 6.07) is 0. The third-order valence-electron chi connectivity index (χ3n) is 1.57. The number of hydrogen-bond donors (Lipinski definition) is 4. The Balaban J connectivity index is 2.34. The highest BCUT2D eigenvalue weighted by atomic mass is 31.2. The van der Waals surface area contributed by atoms with E-state index in [0.29, 0.717) is 0 Å². The summed E-state index contributed by atoms with van der Waals surface area (Å²) < 4.78 is 28.0. The fourth-order valence-corrected chi connectivity index (χ4v) is 1.31. The van der Waals surface area contributed by atoms with Gasteiger partial charge in [-0.2, -0.15) is 4.98 Å². The van der Waals surface area contributed by atoms with Crippen molar-refractivity contribution in [1.82, 2.24) is 9.97 Å². The molecule has 0 fully saturated rings. The Bertz CT molecular complexity index is 473. The lowest BCUT2D eigenvalue weighted by molar-refractivity contribution is 0.166. The summed E-state index contributed by atoms with van der Waals surface area (Å²) in [4.78, 5) is 33.0. The maximum atomic E-state index is 13.0. The van der Waals surface area contributed by atoms with Gasteiger partial charge in [0.1, 0.15) is 12.2 Å². The number of halogens is 1. The minimum absolute atomic E-state index is 0.0467. The van der Waals surface area contributed by atoms with Gasteiger partial charge in [0.15, 0.2) is 5.82 Å². The number of rotatable bonds is 6. The molecule has 0 aliphatic carbocycles. The van der Waals surface area contributed by atoms with Crippen LogP contribution in [0.1, 0.15) is 0 Å². The summed E-state index contributed by atoms with van der Waals surface area (Å²) in [5.41, 5.74) is -0.704. The van der Waals surface area contributed by atoms with Crippen molar-refractivity contribution in [1.29, 1.82) is 0 Å². The van der Waals surface area contributed by atoms with E-state index in [2.05, 4.69) is 20.0 Å². The Kier molecular flexibility index (Phi) is 4.76. The lowest BCUT2D eigenvalue weighted by Crippen LogP contribution is -2.17. The summed E-state index contributed by atoms with van der Waals surface area (Å²) in [6.45, 7) is 0.0335. The van der Waals surface area contributed by atoms with Crippen molar-refractivity contribution in [3.63, 3.8) is 0 Å². The molecule has 0 aliphatic heterocycles. The molecule has 8 nitrogen and oxygen atoms in total. The van der Waals surface area contributed by atoms with Gasteiger partial charge in [0.25, 0.3) is 0 Å². The largest absolute Gasteiger partial charge is 0.367 e. The molecule has 10 heteroatoms. The summed E-state index contributed by atoms with van der Waals surface area (Å²) >= 11 is 0. The minimum Gasteiger partial charge on any atom is -0.367 e. The maximum Gasteiger partial charge on any atom is 0.350 e. The molecule has 0 aliphatic rings. The maximum absolute atomic E-state index is 13.0. The molecule has 0 aromatic carbocycles. The first kappa shape index (κ1) is 13.8. The number of ether oxygens (including phenoxy) is 1. The van der Waals surface area contributed by atoms with Gasteiger partial charge in [0, 0.05) is 6.54 Å². The molecule has 96 valence electrons. The van der Waals surface area contributed by atoms with Crippen molar-refractivity contribution in [3.05, 3.63) is 22.5 Å². The monoisotopic (exact) mass is 267 g/mol. The van der Waals surface area contributed by atoms with Gasteiger partial charge in [-0.25, -0.2) is 9.18 Å². The van der Waals surface area contributed by atoms with Crippen LogP contribution < -0.4 is 11.0 Å². The second-order valence-electron chi connectivity index (χ2n) is 3.04. The molecule has 0 bridgehead atoms. The number of nitrogens with zero attached hydrogens (tertiary/aromatic N) is 1. The summed E-state index contributed by atoms with van der Waals surface area (Å²) in [5, 5.41) is 2.49. The Morgan fingerprint density at radius 2 is 2.29 bits per heavy atom. The van der Waals surface area contributed by atoms with Gasteiger partial charge in [-0.1, -0.05) is 0 Å². The predicted octanol–water partition coefficient (Wildman–Crippen LogP) is -0.527. The van der Waals surface area contributed by atoms with Crippen molar-refractivity contribution < 1.29 is 23.5 Å². The fraction of sp³-hybridized carbons (Fsp3) is 0.429. The van der Waals surface area contributed by atoms with E-state index in [-0.39, 0.29) is 19.0 Å². The van der Waals surface area contributed by atoms with Crippen LogP contribution in [0.25, 0.3) is 0 Å². The minimum atomic E-state index is -4.19. The molecule has 1 rings (SSSR count). The van der Waals surface area contributed by atoms with Crippen molar-refractivity contribution in [2.24, 2.45) is 0 Å². The molecule has 0 saturated carbocycles. The van der Waals surface area contributed by atoms with Gasteiger partial charge < -0.3 is 19.8 Å². The highest BCUT2D eigenvalue weighted by molar-refractivity contribution is 7.51. The van der Waals surface area contributed by atoms with Crippen LogP contribution in [0.2, 0.25) is 0 Å². The van der Waals surface area contributed by atoms with E-state index in [1.54, 1.807) is 0 Å². The molecule has 1 aromatic heterocycles. The average molecular weight is 267 g/mol. The molecule has 0 radical (unpaired) electrons. The first-order chi connectivity index (χ1) is 7.88. The quantitative estimate of drug-likeness (QED) is 0.403. The van der Waals surface area contributed by atoms with Crippen molar-refractivity contribution in [2.45, 2.75) is 0 Å². The smallest absolute Gasteiger partial charge is 0.350 e. The van der Waals surface area contributed by atoms with Gasteiger partial charge in [-0.05, 0) is 0 Å². The summed E-state index contributed by atoms with van der Waals surface area (Å²) in [5.74, 6) is -0.885.